The van der Waals surface area contributed by atoms with E-state index >= 15 is 0 Å². The summed E-state index contributed by atoms with van der Waals surface area (Å²) in [6.45, 7) is 1.18. The highest BCUT2D eigenvalue weighted by Gasteiger charge is 2.29. The van der Waals surface area contributed by atoms with E-state index in [0.29, 0.717) is 0 Å². The monoisotopic (exact) mass is 351 g/mol. The highest BCUT2D eigenvalue weighted by molar-refractivity contribution is 9.11. The fourth-order valence-electron chi connectivity index (χ4n) is 0.976. The average Bonchev–Trinajstić information content (AvgIpc) is 2.16. The minimum atomic E-state index is -1.79. The van der Waals surface area contributed by atoms with Crippen molar-refractivity contribution in [1.29, 1.82) is 0 Å². The van der Waals surface area contributed by atoms with Crippen molar-refractivity contribution in [3.8, 4) is 0 Å². The van der Waals surface area contributed by atoms with Gasteiger partial charge >= 0.3 is 5.97 Å². The summed E-state index contributed by atoms with van der Waals surface area (Å²) in [5.41, 5.74) is -1.06. The van der Waals surface area contributed by atoms with E-state index in [1.165, 1.54) is 6.92 Å². The van der Waals surface area contributed by atoms with Gasteiger partial charge in [-0.1, -0.05) is 15.9 Å². The summed E-state index contributed by atoms with van der Waals surface area (Å²) < 4.78 is 1.71. The standard InChI is InChI=1S/C10H11Br2NO3/c1-10(16,9(14)15)5-13-8-3-2-6(11)4-7(8)12/h2-4,13,16H,5H2,1H3,(H,14,15). The third kappa shape index (κ3) is 3.47. The molecular weight excluding hydrogens is 342 g/mol. The number of halogens is 2. The lowest BCUT2D eigenvalue weighted by Gasteiger charge is -2.19. The highest BCUT2D eigenvalue weighted by atomic mass is 79.9. The molecule has 0 heterocycles. The smallest absolute Gasteiger partial charge is 0.337 e. The number of rotatable bonds is 4. The van der Waals surface area contributed by atoms with Gasteiger partial charge in [0.1, 0.15) is 0 Å². The van der Waals surface area contributed by atoms with Gasteiger partial charge in [0.05, 0.1) is 6.54 Å². The molecule has 1 aromatic rings. The van der Waals surface area contributed by atoms with Crippen LogP contribution in [0.4, 0.5) is 5.69 Å². The Hall–Kier alpha value is -0.590. The van der Waals surface area contributed by atoms with Crippen LogP contribution in [0.1, 0.15) is 6.92 Å². The maximum absolute atomic E-state index is 10.7. The van der Waals surface area contributed by atoms with E-state index in [1.54, 1.807) is 6.07 Å². The number of anilines is 1. The van der Waals surface area contributed by atoms with Crippen molar-refractivity contribution in [3.05, 3.63) is 27.1 Å². The van der Waals surface area contributed by atoms with Crippen molar-refractivity contribution >= 4 is 43.5 Å². The van der Waals surface area contributed by atoms with Gasteiger partial charge in [-0.3, -0.25) is 0 Å². The van der Waals surface area contributed by atoms with Gasteiger partial charge in [0.25, 0.3) is 0 Å². The van der Waals surface area contributed by atoms with Gasteiger partial charge in [0, 0.05) is 14.6 Å². The molecule has 0 saturated heterocycles. The lowest BCUT2D eigenvalue weighted by molar-refractivity contribution is -0.155. The van der Waals surface area contributed by atoms with E-state index < -0.39 is 11.6 Å². The van der Waals surface area contributed by atoms with Gasteiger partial charge in [0.15, 0.2) is 5.60 Å². The molecule has 0 aliphatic rings. The molecule has 0 fully saturated rings. The Bertz CT molecular complexity index is 407. The average molecular weight is 353 g/mol. The second-order valence-electron chi connectivity index (χ2n) is 3.56. The number of benzene rings is 1. The molecule has 4 nitrogen and oxygen atoms in total. The molecule has 0 amide bonds. The number of carbonyl (C=O) groups is 1. The van der Waals surface area contributed by atoms with Crippen molar-refractivity contribution in [2.24, 2.45) is 0 Å². The molecule has 6 heteroatoms. The summed E-state index contributed by atoms with van der Waals surface area (Å²) in [6, 6.07) is 5.44. The Balaban J connectivity index is 2.72. The molecular formula is C10H11Br2NO3. The van der Waals surface area contributed by atoms with Crippen LogP contribution in [-0.2, 0) is 4.79 Å². The lowest BCUT2D eigenvalue weighted by atomic mass is 10.1. The molecule has 1 aromatic carbocycles. The normalized spacial score (nSPS) is 14.2. The Labute approximate surface area is 110 Å². The predicted octanol–water partition coefficient (Wildman–Crippen LogP) is 2.46. The SMILES string of the molecule is CC(O)(CNc1ccc(Br)cc1Br)C(=O)O. The van der Waals surface area contributed by atoms with E-state index in [2.05, 4.69) is 37.2 Å². The van der Waals surface area contributed by atoms with E-state index in [4.69, 9.17) is 5.11 Å². The number of aliphatic hydroxyl groups is 1. The number of carboxylic acid groups (broad SMARTS) is 1. The number of hydrogen-bond acceptors (Lipinski definition) is 3. The number of carboxylic acids is 1. The predicted molar refractivity (Wildman–Crippen MR) is 68.6 cm³/mol. The maximum Gasteiger partial charge on any atom is 0.337 e. The van der Waals surface area contributed by atoms with Crippen LogP contribution in [0, 0.1) is 0 Å². The van der Waals surface area contributed by atoms with E-state index in [-0.39, 0.29) is 6.54 Å². The first-order valence-corrected chi connectivity index (χ1v) is 6.06. The second-order valence-corrected chi connectivity index (χ2v) is 5.33. The van der Waals surface area contributed by atoms with E-state index in [9.17, 15) is 9.90 Å². The van der Waals surface area contributed by atoms with Crippen LogP contribution in [-0.4, -0.2) is 28.3 Å². The molecule has 16 heavy (non-hydrogen) atoms. The zero-order chi connectivity index (χ0) is 12.3. The molecule has 1 rings (SSSR count). The van der Waals surface area contributed by atoms with Crippen molar-refractivity contribution in [2.45, 2.75) is 12.5 Å². The lowest BCUT2D eigenvalue weighted by Crippen LogP contribution is -2.41. The zero-order valence-corrected chi connectivity index (χ0v) is 11.7. The molecule has 3 N–H and O–H groups in total. The first-order valence-electron chi connectivity index (χ1n) is 4.47. The quantitative estimate of drug-likeness (QED) is 0.778. The van der Waals surface area contributed by atoms with Gasteiger partial charge in [-0.25, -0.2) is 4.79 Å². The Morgan fingerprint density at radius 3 is 2.62 bits per heavy atom. The summed E-state index contributed by atoms with van der Waals surface area (Å²) in [6.07, 6.45) is 0. The molecule has 1 unspecified atom stereocenters. The third-order valence-electron chi connectivity index (χ3n) is 2.01. The molecule has 0 saturated carbocycles. The number of hydrogen-bond donors (Lipinski definition) is 3. The van der Waals surface area contributed by atoms with Crippen molar-refractivity contribution in [1.82, 2.24) is 0 Å². The molecule has 0 bridgehead atoms. The van der Waals surface area contributed by atoms with Crippen LogP contribution in [0.15, 0.2) is 27.1 Å². The fourth-order valence-corrected chi connectivity index (χ4v) is 2.16. The van der Waals surface area contributed by atoms with Gasteiger partial charge in [0.2, 0.25) is 0 Å². The first-order chi connectivity index (χ1) is 7.33. The molecule has 1 atom stereocenters. The van der Waals surface area contributed by atoms with E-state index in [0.717, 1.165) is 14.6 Å². The Morgan fingerprint density at radius 2 is 2.12 bits per heavy atom. The largest absolute Gasteiger partial charge is 0.479 e. The third-order valence-corrected chi connectivity index (χ3v) is 3.16. The molecule has 0 aliphatic heterocycles. The second kappa shape index (κ2) is 5.16. The van der Waals surface area contributed by atoms with Crippen LogP contribution >= 0.6 is 31.9 Å². The number of nitrogens with one attached hydrogen (secondary N) is 1. The summed E-state index contributed by atoms with van der Waals surface area (Å²) in [5.74, 6) is -1.26. The highest BCUT2D eigenvalue weighted by Crippen LogP contribution is 2.26. The van der Waals surface area contributed by atoms with E-state index in [1.807, 2.05) is 12.1 Å². The minimum Gasteiger partial charge on any atom is -0.479 e. The van der Waals surface area contributed by atoms with Gasteiger partial charge in [-0.2, -0.15) is 0 Å². The topological polar surface area (TPSA) is 69.6 Å². The maximum atomic E-state index is 10.7. The van der Waals surface area contributed by atoms with Crippen LogP contribution < -0.4 is 5.32 Å². The summed E-state index contributed by atoms with van der Waals surface area (Å²) >= 11 is 6.64. The summed E-state index contributed by atoms with van der Waals surface area (Å²) in [5, 5.41) is 21.1. The summed E-state index contributed by atoms with van der Waals surface area (Å²) in [7, 11) is 0. The Morgan fingerprint density at radius 1 is 1.50 bits per heavy atom. The first kappa shape index (κ1) is 13.5. The molecule has 0 aliphatic carbocycles. The fraction of sp³-hybridized carbons (Fsp3) is 0.300. The van der Waals surface area contributed by atoms with Gasteiger partial charge < -0.3 is 15.5 Å². The van der Waals surface area contributed by atoms with Crippen molar-refractivity contribution < 1.29 is 15.0 Å². The molecule has 0 aromatic heterocycles. The van der Waals surface area contributed by atoms with Crippen LogP contribution in [0.25, 0.3) is 0 Å². The molecule has 0 radical (unpaired) electrons. The van der Waals surface area contributed by atoms with Crippen LogP contribution in [0.2, 0.25) is 0 Å². The van der Waals surface area contributed by atoms with Crippen molar-refractivity contribution in [3.63, 3.8) is 0 Å². The number of aliphatic carboxylic acids is 1. The van der Waals surface area contributed by atoms with Crippen molar-refractivity contribution in [2.75, 3.05) is 11.9 Å². The summed E-state index contributed by atoms with van der Waals surface area (Å²) in [4.78, 5) is 10.7. The molecule has 0 spiro atoms. The minimum absolute atomic E-state index is 0.0669. The van der Waals surface area contributed by atoms with Gasteiger partial charge in [-0.05, 0) is 41.1 Å². The zero-order valence-electron chi connectivity index (χ0n) is 8.50. The van der Waals surface area contributed by atoms with Gasteiger partial charge in [-0.15, -0.1) is 0 Å². The Kier molecular flexibility index (Phi) is 4.35. The van der Waals surface area contributed by atoms with Crippen LogP contribution in [0.3, 0.4) is 0 Å². The molecule has 88 valence electrons. The van der Waals surface area contributed by atoms with Crippen LogP contribution in [0.5, 0.6) is 0 Å².